The first-order valence-electron chi connectivity index (χ1n) is 6.61. The van der Waals surface area contributed by atoms with Crippen molar-refractivity contribution in [3.05, 3.63) is 34.5 Å². The van der Waals surface area contributed by atoms with Crippen molar-refractivity contribution in [2.24, 2.45) is 5.73 Å². The highest BCUT2D eigenvalue weighted by Crippen LogP contribution is 2.30. The molecule has 6 nitrogen and oxygen atoms in total. The van der Waals surface area contributed by atoms with Crippen molar-refractivity contribution >= 4 is 24.2 Å². The minimum absolute atomic E-state index is 0.159. The van der Waals surface area contributed by atoms with Gasteiger partial charge < -0.3 is 5.73 Å². The molecule has 0 saturated heterocycles. The normalized spacial score (nSPS) is 13.6. The number of aromatic nitrogens is 3. The predicted octanol–water partition coefficient (Wildman–Crippen LogP) is 1.49. The van der Waals surface area contributed by atoms with Crippen LogP contribution in [-0.2, 0) is 12.9 Å². The predicted molar refractivity (Wildman–Crippen MR) is 78.8 cm³/mol. The standard InChI is InChI=1S/C13H10BClFN5O/c15-8-3-7(5-19-12(8)16)11-10(13(18)22)9-4-14(6-17)1-2-21(9)20-11/h3,5H,1-2,4H2,(H2,18,22). The van der Waals surface area contributed by atoms with Crippen LogP contribution < -0.4 is 5.73 Å². The Hall–Kier alpha value is -2.40. The highest BCUT2D eigenvalue weighted by Gasteiger charge is 2.30. The van der Waals surface area contributed by atoms with E-state index in [1.165, 1.54) is 12.3 Å². The van der Waals surface area contributed by atoms with Gasteiger partial charge in [-0.1, -0.05) is 11.6 Å². The number of hydrogen-bond donors (Lipinski definition) is 1. The van der Waals surface area contributed by atoms with E-state index in [9.17, 15) is 9.18 Å². The average molecular weight is 318 g/mol. The Morgan fingerprint density at radius 3 is 3.00 bits per heavy atom. The molecule has 0 fully saturated rings. The van der Waals surface area contributed by atoms with E-state index in [1.807, 2.05) is 0 Å². The van der Waals surface area contributed by atoms with Crippen LogP contribution in [0.1, 0.15) is 16.1 Å². The van der Waals surface area contributed by atoms with E-state index in [-0.39, 0.29) is 17.3 Å². The number of carbonyl (C=O) groups is 1. The van der Waals surface area contributed by atoms with Gasteiger partial charge in [0, 0.05) is 30.0 Å². The molecule has 110 valence electrons. The molecule has 3 rings (SSSR count). The average Bonchev–Trinajstić information content (AvgIpc) is 2.88. The first-order valence-corrected chi connectivity index (χ1v) is 6.99. The van der Waals surface area contributed by atoms with Gasteiger partial charge >= 0.3 is 0 Å². The maximum atomic E-state index is 13.2. The second kappa shape index (κ2) is 5.42. The summed E-state index contributed by atoms with van der Waals surface area (Å²) in [6, 6.07) is 1.35. The molecule has 0 aromatic carbocycles. The number of rotatable bonds is 2. The van der Waals surface area contributed by atoms with Gasteiger partial charge in [-0.15, -0.1) is 0 Å². The number of nitrogens with zero attached hydrogens (tertiary/aromatic N) is 4. The number of fused-ring (bicyclic) bond motifs is 1. The zero-order chi connectivity index (χ0) is 15.9. The molecular weight excluding hydrogens is 307 g/mol. The van der Waals surface area contributed by atoms with Gasteiger partial charge in [0.05, 0.1) is 10.6 Å². The number of primary amides is 1. The molecule has 22 heavy (non-hydrogen) atoms. The smallest absolute Gasteiger partial charge is 0.275 e. The molecule has 0 spiro atoms. The molecule has 0 bridgehead atoms. The van der Waals surface area contributed by atoms with Gasteiger partial charge in [-0.3, -0.25) is 9.48 Å². The molecule has 2 aromatic heterocycles. The van der Waals surface area contributed by atoms with Crippen LogP contribution in [0.5, 0.6) is 0 Å². The van der Waals surface area contributed by atoms with Crippen molar-refractivity contribution in [3.8, 4) is 17.2 Å². The third-order valence-corrected chi connectivity index (χ3v) is 3.95. The second-order valence-corrected chi connectivity index (χ2v) is 5.48. The molecule has 0 aliphatic carbocycles. The zero-order valence-electron chi connectivity index (χ0n) is 11.4. The molecule has 3 heterocycles. The SMILES string of the molecule is N#CB1CCn2nc(-c3cnc(F)c(Cl)c3)c(C(N)=O)c2C1. The summed E-state index contributed by atoms with van der Waals surface area (Å²) < 4.78 is 14.9. The van der Waals surface area contributed by atoms with Gasteiger partial charge in [0.1, 0.15) is 5.69 Å². The monoisotopic (exact) mass is 317 g/mol. The molecule has 1 amide bonds. The van der Waals surface area contributed by atoms with E-state index in [0.717, 1.165) is 0 Å². The molecule has 2 aromatic rings. The van der Waals surface area contributed by atoms with Gasteiger partial charge in [-0.05, 0) is 18.7 Å². The van der Waals surface area contributed by atoms with Gasteiger partial charge in [-0.25, -0.2) is 10.2 Å². The lowest BCUT2D eigenvalue weighted by Crippen LogP contribution is -2.28. The Morgan fingerprint density at radius 1 is 1.59 bits per heavy atom. The van der Waals surface area contributed by atoms with Crippen molar-refractivity contribution in [1.82, 2.24) is 14.8 Å². The number of hydrogen-bond acceptors (Lipinski definition) is 4. The zero-order valence-corrected chi connectivity index (χ0v) is 12.1. The maximum absolute atomic E-state index is 13.2. The fourth-order valence-corrected chi connectivity index (χ4v) is 2.79. The number of amides is 1. The summed E-state index contributed by atoms with van der Waals surface area (Å²) in [4.78, 5) is 15.4. The van der Waals surface area contributed by atoms with Crippen LogP contribution in [0.2, 0.25) is 11.3 Å². The van der Waals surface area contributed by atoms with Gasteiger partial charge in [-0.2, -0.15) is 9.49 Å². The quantitative estimate of drug-likeness (QED) is 0.670. The number of nitriles is 1. The van der Waals surface area contributed by atoms with Crippen molar-refractivity contribution in [2.75, 3.05) is 0 Å². The lowest BCUT2D eigenvalue weighted by Gasteiger charge is -2.15. The maximum Gasteiger partial charge on any atom is 0.275 e. The molecule has 0 saturated carbocycles. The summed E-state index contributed by atoms with van der Waals surface area (Å²) in [5, 5.41) is 13.3. The lowest BCUT2D eigenvalue weighted by atomic mass is 9.45. The Bertz CT molecular complexity index is 815. The third-order valence-electron chi connectivity index (χ3n) is 3.69. The number of halogens is 2. The van der Waals surface area contributed by atoms with Gasteiger partial charge in [0.15, 0.2) is 0 Å². The first-order chi connectivity index (χ1) is 10.5. The van der Waals surface area contributed by atoms with Crippen molar-refractivity contribution in [2.45, 2.75) is 19.2 Å². The van der Waals surface area contributed by atoms with E-state index in [1.54, 1.807) is 4.68 Å². The first kappa shape index (κ1) is 14.5. The summed E-state index contributed by atoms with van der Waals surface area (Å²) in [7, 11) is 0. The van der Waals surface area contributed by atoms with E-state index >= 15 is 0 Å². The van der Waals surface area contributed by atoms with E-state index in [0.29, 0.717) is 36.1 Å². The number of carbonyl (C=O) groups excluding carboxylic acids is 1. The van der Waals surface area contributed by atoms with E-state index in [4.69, 9.17) is 22.6 Å². The molecule has 0 unspecified atom stereocenters. The largest absolute Gasteiger partial charge is 0.365 e. The highest BCUT2D eigenvalue weighted by atomic mass is 35.5. The van der Waals surface area contributed by atoms with Crippen LogP contribution in [0.25, 0.3) is 11.3 Å². The fraction of sp³-hybridized carbons (Fsp3) is 0.231. The van der Waals surface area contributed by atoms with Gasteiger partial charge in [0.2, 0.25) is 5.95 Å². The minimum Gasteiger partial charge on any atom is -0.365 e. The number of aryl methyl sites for hydroxylation is 1. The molecule has 2 N–H and O–H groups in total. The molecule has 1 aliphatic rings. The van der Waals surface area contributed by atoms with Crippen molar-refractivity contribution in [3.63, 3.8) is 0 Å². The van der Waals surface area contributed by atoms with Crippen molar-refractivity contribution in [1.29, 1.82) is 5.26 Å². The van der Waals surface area contributed by atoms with Gasteiger partial charge in [0.25, 0.3) is 12.6 Å². The van der Waals surface area contributed by atoms with E-state index in [2.05, 4.69) is 16.1 Å². The van der Waals surface area contributed by atoms with Crippen LogP contribution in [0.3, 0.4) is 0 Å². The van der Waals surface area contributed by atoms with E-state index < -0.39 is 11.9 Å². The van der Waals surface area contributed by atoms with Crippen LogP contribution in [0.15, 0.2) is 12.3 Å². The third kappa shape index (κ3) is 2.33. The minimum atomic E-state index is -0.792. The molecule has 1 aliphatic heterocycles. The van der Waals surface area contributed by atoms with Crippen LogP contribution in [0, 0.1) is 17.2 Å². The Kier molecular flexibility index (Phi) is 3.58. The Morgan fingerprint density at radius 2 is 2.36 bits per heavy atom. The summed E-state index contributed by atoms with van der Waals surface area (Å²) in [6.07, 6.45) is 2.32. The second-order valence-electron chi connectivity index (χ2n) is 5.07. The van der Waals surface area contributed by atoms with Crippen LogP contribution >= 0.6 is 11.6 Å². The molecular formula is C13H10BClFN5O. The van der Waals surface area contributed by atoms with Crippen LogP contribution in [-0.4, -0.2) is 27.4 Å². The molecule has 0 atom stereocenters. The van der Waals surface area contributed by atoms with Crippen molar-refractivity contribution < 1.29 is 9.18 Å². The molecule has 0 radical (unpaired) electrons. The van der Waals surface area contributed by atoms with Crippen LogP contribution in [0.4, 0.5) is 4.39 Å². The summed E-state index contributed by atoms with van der Waals surface area (Å²) in [5.41, 5.74) is 7.07. The number of nitrogens with two attached hydrogens (primary N) is 1. The summed E-state index contributed by atoms with van der Waals surface area (Å²) in [5.74, 6) is 0.765. The lowest BCUT2D eigenvalue weighted by molar-refractivity contribution is 0.1000. The highest BCUT2D eigenvalue weighted by molar-refractivity contribution is 6.66. The topological polar surface area (TPSA) is 97.6 Å². The summed E-state index contributed by atoms with van der Waals surface area (Å²) >= 11 is 5.74. The Labute approximate surface area is 130 Å². The number of pyridine rings is 1. The summed E-state index contributed by atoms with van der Waals surface area (Å²) in [6.45, 7) is 0.348. The fourth-order valence-electron chi connectivity index (χ4n) is 2.62. The molecule has 9 heteroatoms. The Balaban J connectivity index is 2.16.